The summed E-state index contributed by atoms with van der Waals surface area (Å²) in [4.78, 5) is 55.0. The average Bonchev–Trinajstić information content (AvgIpc) is 3.17. The molecule has 0 spiro atoms. The third kappa shape index (κ3) is 7.47. The Morgan fingerprint density at radius 3 is 2.21 bits per heavy atom. The molecule has 3 unspecified atom stereocenters. The molecule has 316 valence electrons. The van der Waals surface area contributed by atoms with Crippen LogP contribution in [0.4, 0.5) is 0 Å². The average molecular weight is 812 g/mol. The van der Waals surface area contributed by atoms with Crippen molar-refractivity contribution in [2.45, 2.75) is 145 Å². The Morgan fingerprint density at radius 1 is 0.897 bits per heavy atom. The fourth-order valence-corrected chi connectivity index (χ4v) is 9.27. The van der Waals surface area contributed by atoms with Gasteiger partial charge in [0.15, 0.2) is 30.4 Å². The van der Waals surface area contributed by atoms with Crippen LogP contribution in [-0.4, -0.2) is 137 Å². The SMILES string of the molecule is CC[C@@]1(O)C[C@H](O[C@H]2C[C@@H](N(C)C)[C@H](O[C@H]3C[C@@H](O)[C@H](O[C@H]4CCC(=O)C(C)O4)C(C)O3)C(C)O2)c2c(cc3c(c2O)C(=O)c2c(O)cccc2C3=O)[C@H]1C(=O)OC. The maximum Gasteiger partial charge on any atom is 0.316 e. The van der Waals surface area contributed by atoms with Crippen molar-refractivity contribution in [3.05, 3.63) is 57.6 Å². The second-order valence-electron chi connectivity index (χ2n) is 16.3. The van der Waals surface area contributed by atoms with Gasteiger partial charge in [0.1, 0.15) is 35.7 Å². The summed E-state index contributed by atoms with van der Waals surface area (Å²) < 4.78 is 42.6. The molecule has 4 N–H and O–H groups in total. The second kappa shape index (κ2) is 16.3. The van der Waals surface area contributed by atoms with Gasteiger partial charge in [0.25, 0.3) is 0 Å². The maximum absolute atomic E-state index is 13.9. The smallest absolute Gasteiger partial charge is 0.316 e. The van der Waals surface area contributed by atoms with Crippen LogP contribution in [0.15, 0.2) is 24.3 Å². The monoisotopic (exact) mass is 811 g/mol. The Hall–Kier alpha value is -3.84. The lowest BCUT2D eigenvalue weighted by molar-refractivity contribution is -0.324. The van der Waals surface area contributed by atoms with Crippen molar-refractivity contribution in [2.24, 2.45) is 0 Å². The zero-order valence-corrected chi connectivity index (χ0v) is 33.7. The predicted molar refractivity (Wildman–Crippen MR) is 201 cm³/mol. The molecule has 5 aliphatic rings. The lowest BCUT2D eigenvalue weighted by atomic mass is 9.67. The molecule has 3 heterocycles. The van der Waals surface area contributed by atoms with Crippen molar-refractivity contribution in [3.63, 3.8) is 0 Å². The summed E-state index contributed by atoms with van der Waals surface area (Å²) in [6.45, 7) is 6.95. The number of benzene rings is 2. The molecule has 16 nitrogen and oxygen atoms in total. The first-order chi connectivity index (χ1) is 27.5. The minimum Gasteiger partial charge on any atom is -0.507 e. The van der Waals surface area contributed by atoms with Crippen LogP contribution in [0, 0.1) is 0 Å². The number of carbonyl (C=O) groups excluding carboxylic acids is 4. The molecule has 13 atom stereocenters. The van der Waals surface area contributed by atoms with Crippen LogP contribution in [0.2, 0.25) is 0 Å². The fraction of sp³-hybridized carbons (Fsp3) is 0.619. The number of aliphatic hydroxyl groups excluding tert-OH is 1. The summed E-state index contributed by atoms with van der Waals surface area (Å²) in [5.74, 6) is -4.59. The van der Waals surface area contributed by atoms with Gasteiger partial charge in [-0.2, -0.15) is 0 Å². The van der Waals surface area contributed by atoms with E-state index in [-0.39, 0.29) is 70.9 Å². The van der Waals surface area contributed by atoms with Crippen LogP contribution >= 0.6 is 0 Å². The molecule has 0 saturated carbocycles. The van der Waals surface area contributed by atoms with E-state index in [0.29, 0.717) is 12.8 Å². The minimum absolute atomic E-state index is 0.00573. The molecular weight excluding hydrogens is 758 g/mol. The molecule has 3 saturated heterocycles. The number of ketones is 3. The first-order valence-corrected chi connectivity index (χ1v) is 19.9. The normalized spacial score (nSPS) is 36.3. The number of Topliss-reactive ketones (excluding diaryl/α,β-unsaturated/α-hetero) is 1. The van der Waals surface area contributed by atoms with Gasteiger partial charge in [0, 0.05) is 54.8 Å². The van der Waals surface area contributed by atoms with Crippen molar-refractivity contribution in [1.82, 2.24) is 4.90 Å². The summed E-state index contributed by atoms with van der Waals surface area (Å²) in [5.41, 5.74) is -2.49. The molecule has 0 amide bonds. The Bertz CT molecular complexity index is 1940. The summed E-state index contributed by atoms with van der Waals surface area (Å²) in [6.07, 6.45) is -6.64. The van der Waals surface area contributed by atoms with Crippen molar-refractivity contribution in [3.8, 4) is 11.5 Å². The number of nitrogens with zero attached hydrogens (tertiary/aromatic N) is 1. The zero-order chi connectivity index (χ0) is 42.0. The van der Waals surface area contributed by atoms with Crippen LogP contribution in [0.3, 0.4) is 0 Å². The van der Waals surface area contributed by atoms with Crippen LogP contribution in [0.25, 0.3) is 0 Å². The van der Waals surface area contributed by atoms with Gasteiger partial charge in [-0.25, -0.2) is 0 Å². The standard InChI is InChI=1S/C42H53NO15/c1-8-42(51)17-28(33-22(35(42)41(50)52-7)14-23-34(38(33)49)37(48)32-21(36(23)47)10-9-11-26(32)45)56-30-15-24(43(5)6)39(19(3)54-30)58-31-16-27(46)40(20(4)55-31)57-29-13-12-25(44)18(2)53-29/h9-11,14,18-20,24,27-31,35,39-40,45-46,49,51H,8,12-13,15-17H2,1-7H3/t18?,19?,20?,24-,27-,28+,29+,30+,31+,35+,39-,40-,42-/m1/s1. The van der Waals surface area contributed by atoms with Crippen LogP contribution < -0.4 is 0 Å². The van der Waals surface area contributed by atoms with Crippen LogP contribution in [-0.2, 0) is 42.7 Å². The lowest BCUT2D eigenvalue weighted by Gasteiger charge is -2.48. The van der Waals surface area contributed by atoms with Crippen molar-refractivity contribution >= 4 is 23.3 Å². The highest BCUT2D eigenvalue weighted by molar-refractivity contribution is 6.30. The number of esters is 1. The van der Waals surface area contributed by atoms with Gasteiger partial charge in [0.2, 0.25) is 5.78 Å². The molecule has 7 rings (SSSR count). The van der Waals surface area contributed by atoms with Crippen molar-refractivity contribution in [2.75, 3.05) is 21.2 Å². The molecule has 2 aliphatic carbocycles. The molecule has 3 fully saturated rings. The number of carbonyl (C=O) groups is 4. The number of phenolic OH excluding ortho intramolecular Hbond substituents is 2. The Labute approximate surface area is 336 Å². The third-order valence-corrected chi connectivity index (χ3v) is 12.4. The summed E-state index contributed by atoms with van der Waals surface area (Å²) >= 11 is 0. The summed E-state index contributed by atoms with van der Waals surface area (Å²) in [6, 6.07) is 5.11. The summed E-state index contributed by atoms with van der Waals surface area (Å²) in [5, 5.41) is 45.9. The number of fused-ring (bicyclic) bond motifs is 3. The van der Waals surface area contributed by atoms with E-state index in [9.17, 15) is 39.6 Å². The van der Waals surface area contributed by atoms with E-state index in [1.807, 2.05) is 19.0 Å². The number of rotatable bonds is 9. The highest BCUT2D eigenvalue weighted by atomic mass is 16.7. The van der Waals surface area contributed by atoms with Crippen LogP contribution in [0.5, 0.6) is 11.5 Å². The van der Waals surface area contributed by atoms with Crippen LogP contribution in [0.1, 0.15) is 121 Å². The maximum atomic E-state index is 13.9. The van der Waals surface area contributed by atoms with Gasteiger partial charge in [-0.15, -0.1) is 0 Å². The molecule has 0 bridgehead atoms. The highest BCUT2D eigenvalue weighted by Gasteiger charge is 2.53. The number of aromatic hydroxyl groups is 2. The van der Waals surface area contributed by atoms with E-state index in [2.05, 4.69) is 0 Å². The van der Waals surface area contributed by atoms with Gasteiger partial charge in [-0.05, 0) is 59.0 Å². The molecular formula is C42H53NO15. The van der Waals surface area contributed by atoms with Gasteiger partial charge in [-0.3, -0.25) is 19.2 Å². The number of aliphatic hydroxyl groups is 2. The highest BCUT2D eigenvalue weighted by Crippen LogP contribution is 2.54. The minimum atomic E-state index is -1.76. The van der Waals surface area contributed by atoms with Gasteiger partial charge in [0.05, 0.1) is 48.3 Å². The van der Waals surface area contributed by atoms with Gasteiger partial charge < -0.3 is 58.5 Å². The van der Waals surface area contributed by atoms with E-state index in [1.165, 1.54) is 31.4 Å². The molecule has 58 heavy (non-hydrogen) atoms. The van der Waals surface area contributed by atoms with E-state index in [0.717, 1.165) is 0 Å². The first kappa shape index (κ1) is 42.3. The zero-order valence-electron chi connectivity index (χ0n) is 33.7. The first-order valence-electron chi connectivity index (χ1n) is 19.9. The van der Waals surface area contributed by atoms with Gasteiger partial charge in [-0.1, -0.05) is 19.1 Å². The number of hydrogen-bond donors (Lipinski definition) is 4. The molecule has 0 radical (unpaired) electrons. The molecule has 2 aromatic carbocycles. The molecule has 2 aromatic rings. The molecule has 0 aromatic heterocycles. The predicted octanol–water partition coefficient (Wildman–Crippen LogP) is 3.16. The Kier molecular flexibility index (Phi) is 11.9. The van der Waals surface area contributed by atoms with E-state index < -0.39 is 102 Å². The molecule has 16 heteroatoms. The number of ether oxygens (including phenoxy) is 7. The largest absolute Gasteiger partial charge is 0.507 e. The topological polar surface area (TPSA) is 217 Å². The Balaban J connectivity index is 1.13. The van der Waals surface area contributed by atoms with Crippen molar-refractivity contribution < 1.29 is 72.8 Å². The number of methoxy groups -OCH3 is 1. The van der Waals surface area contributed by atoms with E-state index in [1.54, 1.807) is 27.7 Å². The third-order valence-electron chi connectivity index (χ3n) is 12.4. The van der Waals surface area contributed by atoms with E-state index >= 15 is 0 Å². The number of phenols is 2. The number of likely N-dealkylation sites (N-methyl/N-ethyl adjacent to an activating group) is 1. The van der Waals surface area contributed by atoms with Gasteiger partial charge >= 0.3 is 5.97 Å². The quantitative estimate of drug-likeness (QED) is 0.228. The molecule has 3 aliphatic heterocycles. The fourth-order valence-electron chi connectivity index (χ4n) is 9.27. The van der Waals surface area contributed by atoms with Crippen molar-refractivity contribution in [1.29, 1.82) is 0 Å². The lowest BCUT2D eigenvalue weighted by Crippen LogP contribution is -2.58. The summed E-state index contributed by atoms with van der Waals surface area (Å²) in [7, 11) is 4.91. The van der Waals surface area contributed by atoms with E-state index in [4.69, 9.17) is 33.2 Å². The second-order valence-corrected chi connectivity index (χ2v) is 16.3. The number of hydrogen-bond acceptors (Lipinski definition) is 16. The Morgan fingerprint density at radius 2 is 1.57 bits per heavy atom.